The van der Waals surface area contributed by atoms with Crippen LogP contribution in [0.3, 0.4) is 0 Å². The molecule has 0 saturated carbocycles. The van der Waals surface area contributed by atoms with Crippen LogP contribution in [0, 0.1) is 15.9 Å². The number of benzene rings is 2. The average Bonchev–Trinajstić information content (AvgIpc) is 2.66. The number of carbonyl (C=O) groups excluding carboxylic acids is 1. The van der Waals surface area contributed by atoms with E-state index in [0.29, 0.717) is 22.8 Å². The van der Waals surface area contributed by atoms with Gasteiger partial charge in [-0.25, -0.2) is 0 Å². The molecule has 0 atom stereocenters. The molecule has 2 aromatic rings. The Bertz CT molecular complexity index is 872. The van der Waals surface area contributed by atoms with E-state index in [1.165, 1.54) is 39.5 Å². The molecule has 0 bridgehead atoms. The molecule has 9 heteroatoms. The van der Waals surface area contributed by atoms with Crippen molar-refractivity contribution >= 4 is 23.4 Å². The molecular formula is C18H17FN2O6. The molecule has 2 rings (SSSR count). The Labute approximate surface area is 154 Å². The molecule has 0 unspecified atom stereocenters. The summed E-state index contributed by atoms with van der Waals surface area (Å²) in [5, 5.41) is 13.2. The molecule has 1 amide bonds. The molecule has 0 radical (unpaired) electrons. The number of carbonyl (C=O) groups is 1. The number of halogens is 1. The van der Waals surface area contributed by atoms with Crippen molar-refractivity contribution < 1.29 is 28.3 Å². The topological polar surface area (TPSA) is 99.9 Å². The van der Waals surface area contributed by atoms with Gasteiger partial charge in [0.1, 0.15) is 0 Å². The number of hydrogen-bond donors (Lipinski definition) is 1. The largest absolute Gasteiger partial charge is 0.493 e. The standard InChI is InChI=1S/C18H17FN2O6/c1-25-15-8-11(9-16(26-2)18(15)27-3)4-7-17(22)20-12-5-6-13(19)14(10-12)21(23)24/h4-10H,1-3H3,(H,20,22)/b7-4+. The minimum absolute atomic E-state index is 0.0997. The van der Waals surface area contributed by atoms with E-state index in [9.17, 15) is 19.3 Å². The fourth-order valence-corrected chi connectivity index (χ4v) is 2.28. The summed E-state index contributed by atoms with van der Waals surface area (Å²) in [4.78, 5) is 21.9. The number of amides is 1. The van der Waals surface area contributed by atoms with Crippen molar-refractivity contribution in [2.45, 2.75) is 0 Å². The number of anilines is 1. The van der Waals surface area contributed by atoms with Crippen LogP contribution in [0.4, 0.5) is 15.8 Å². The highest BCUT2D eigenvalue weighted by molar-refractivity contribution is 6.02. The molecule has 0 aliphatic heterocycles. The van der Waals surface area contributed by atoms with E-state index < -0.39 is 22.3 Å². The molecule has 1 N–H and O–H groups in total. The number of nitrogens with one attached hydrogen (secondary N) is 1. The summed E-state index contributed by atoms with van der Waals surface area (Å²) in [5.74, 6) is -0.270. The zero-order valence-electron chi connectivity index (χ0n) is 14.8. The van der Waals surface area contributed by atoms with Gasteiger partial charge in [0.15, 0.2) is 11.5 Å². The Morgan fingerprint density at radius 2 is 1.74 bits per heavy atom. The summed E-state index contributed by atoms with van der Waals surface area (Å²) in [6.07, 6.45) is 2.72. The lowest BCUT2D eigenvalue weighted by Gasteiger charge is -2.12. The van der Waals surface area contributed by atoms with Gasteiger partial charge in [0, 0.05) is 17.8 Å². The number of nitro benzene ring substituents is 1. The van der Waals surface area contributed by atoms with E-state index in [0.717, 1.165) is 12.1 Å². The SMILES string of the molecule is COc1cc(/C=C/C(=O)Nc2ccc(F)c([N+](=O)[O-])c2)cc(OC)c1OC. The van der Waals surface area contributed by atoms with Crippen LogP contribution < -0.4 is 19.5 Å². The molecule has 0 aromatic heterocycles. The number of nitro groups is 1. The fourth-order valence-electron chi connectivity index (χ4n) is 2.28. The lowest BCUT2D eigenvalue weighted by Crippen LogP contribution is -2.08. The minimum atomic E-state index is -0.981. The van der Waals surface area contributed by atoms with Crippen LogP contribution in [0.2, 0.25) is 0 Å². The fraction of sp³-hybridized carbons (Fsp3) is 0.167. The van der Waals surface area contributed by atoms with Crippen molar-refractivity contribution in [3.63, 3.8) is 0 Å². The number of methoxy groups -OCH3 is 3. The zero-order chi connectivity index (χ0) is 20.0. The lowest BCUT2D eigenvalue weighted by molar-refractivity contribution is -0.387. The monoisotopic (exact) mass is 376 g/mol. The molecule has 142 valence electrons. The second kappa shape index (κ2) is 8.65. The van der Waals surface area contributed by atoms with Crippen molar-refractivity contribution in [3.05, 3.63) is 57.9 Å². The van der Waals surface area contributed by atoms with Crippen LogP contribution >= 0.6 is 0 Å². The molecule has 0 aliphatic carbocycles. The molecule has 0 heterocycles. The summed E-state index contributed by atoms with van der Waals surface area (Å²) < 4.78 is 29.0. The van der Waals surface area contributed by atoms with Gasteiger partial charge in [0.25, 0.3) is 0 Å². The van der Waals surface area contributed by atoms with E-state index in [1.54, 1.807) is 12.1 Å². The Hall–Kier alpha value is -3.62. The Balaban J connectivity index is 2.20. The molecule has 27 heavy (non-hydrogen) atoms. The predicted octanol–water partition coefficient (Wildman–Crippen LogP) is 3.41. The second-order valence-corrected chi connectivity index (χ2v) is 5.20. The summed E-state index contributed by atoms with van der Waals surface area (Å²) in [6, 6.07) is 6.38. The number of rotatable bonds is 7. The predicted molar refractivity (Wildman–Crippen MR) is 96.8 cm³/mol. The van der Waals surface area contributed by atoms with Crippen molar-refractivity contribution in [2.75, 3.05) is 26.6 Å². The van der Waals surface area contributed by atoms with Gasteiger partial charge in [0.05, 0.1) is 26.3 Å². The maximum atomic E-state index is 13.3. The lowest BCUT2D eigenvalue weighted by atomic mass is 10.1. The number of hydrogen-bond acceptors (Lipinski definition) is 6. The first-order valence-corrected chi connectivity index (χ1v) is 7.62. The van der Waals surface area contributed by atoms with Gasteiger partial charge in [0.2, 0.25) is 17.5 Å². The van der Waals surface area contributed by atoms with Gasteiger partial charge < -0.3 is 19.5 Å². The van der Waals surface area contributed by atoms with Gasteiger partial charge in [-0.15, -0.1) is 0 Å². The van der Waals surface area contributed by atoms with Gasteiger partial charge in [-0.3, -0.25) is 14.9 Å². The highest BCUT2D eigenvalue weighted by atomic mass is 19.1. The van der Waals surface area contributed by atoms with Crippen molar-refractivity contribution in [3.8, 4) is 17.2 Å². The third-order valence-corrected chi connectivity index (χ3v) is 3.52. The van der Waals surface area contributed by atoms with E-state index in [-0.39, 0.29) is 5.69 Å². The van der Waals surface area contributed by atoms with E-state index in [4.69, 9.17) is 14.2 Å². The number of nitrogens with zero attached hydrogens (tertiary/aromatic N) is 1. The third-order valence-electron chi connectivity index (χ3n) is 3.52. The maximum absolute atomic E-state index is 13.3. The molecule has 0 aliphatic rings. The summed E-state index contributed by atoms with van der Waals surface area (Å²) >= 11 is 0. The van der Waals surface area contributed by atoms with Gasteiger partial charge in [-0.05, 0) is 35.9 Å². The third kappa shape index (κ3) is 4.72. The van der Waals surface area contributed by atoms with Crippen LogP contribution in [-0.4, -0.2) is 32.2 Å². The highest BCUT2D eigenvalue weighted by Crippen LogP contribution is 2.38. The van der Waals surface area contributed by atoms with Crippen molar-refractivity contribution in [1.29, 1.82) is 0 Å². The van der Waals surface area contributed by atoms with Crippen LogP contribution in [0.1, 0.15) is 5.56 Å². The van der Waals surface area contributed by atoms with E-state index in [1.807, 2.05) is 0 Å². The first-order valence-electron chi connectivity index (χ1n) is 7.62. The Kier molecular flexibility index (Phi) is 6.32. The Morgan fingerprint density at radius 1 is 1.11 bits per heavy atom. The molecule has 0 fully saturated rings. The van der Waals surface area contributed by atoms with Crippen LogP contribution in [0.5, 0.6) is 17.2 Å². The van der Waals surface area contributed by atoms with E-state index >= 15 is 0 Å². The smallest absolute Gasteiger partial charge is 0.306 e. The van der Waals surface area contributed by atoms with Crippen LogP contribution in [-0.2, 0) is 4.79 Å². The highest BCUT2D eigenvalue weighted by Gasteiger charge is 2.15. The summed E-state index contributed by atoms with van der Waals surface area (Å²) in [7, 11) is 4.42. The Morgan fingerprint density at radius 3 is 2.26 bits per heavy atom. The quantitative estimate of drug-likeness (QED) is 0.452. The normalized spacial score (nSPS) is 10.5. The maximum Gasteiger partial charge on any atom is 0.306 e. The van der Waals surface area contributed by atoms with Crippen LogP contribution in [0.25, 0.3) is 6.08 Å². The second-order valence-electron chi connectivity index (χ2n) is 5.20. The molecule has 2 aromatic carbocycles. The molecule has 8 nitrogen and oxygen atoms in total. The minimum Gasteiger partial charge on any atom is -0.493 e. The average molecular weight is 376 g/mol. The summed E-state index contributed by atoms with van der Waals surface area (Å²) in [6.45, 7) is 0. The first-order chi connectivity index (χ1) is 12.9. The van der Waals surface area contributed by atoms with Gasteiger partial charge >= 0.3 is 5.69 Å². The molecular weight excluding hydrogens is 359 g/mol. The van der Waals surface area contributed by atoms with E-state index in [2.05, 4.69) is 5.32 Å². The van der Waals surface area contributed by atoms with Crippen molar-refractivity contribution in [2.24, 2.45) is 0 Å². The molecule has 0 spiro atoms. The number of ether oxygens (including phenoxy) is 3. The zero-order valence-corrected chi connectivity index (χ0v) is 14.8. The molecule has 0 saturated heterocycles. The van der Waals surface area contributed by atoms with Gasteiger partial charge in [-0.1, -0.05) is 0 Å². The first kappa shape index (κ1) is 19.7. The van der Waals surface area contributed by atoms with Gasteiger partial charge in [-0.2, -0.15) is 4.39 Å². The summed E-state index contributed by atoms with van der Waals surface area (Å²) in [5.41, 5.74) is -0.0196. The van der Waals surface area contributed by atoms with Crippen LogP contribution in [0.15, 0.2) is 36.4 Å². The van der Waals surface area contributed by atoms with Crippen molar-refractivity contribution in [1.82, 2.24) is 0 Å².